The first kappa shape index (κ1) is 36.9. The number of unbranched alkanes of at least 4 members (excludes halogenated alkanes) is 1. The van der Waals surface area contributed by atoms with Crippen molar-refractivity contribution in [1.29, 1.82) is 0 Å². The van der Waals surface area contributed by atoms with Crippen LogP contribution in [-0.4, -0.2) is 44.4 Å². The van der Waals surface area contributed by atoms with E-state index < -0.39 is 47.0 Å². The number of nitrogens with one attached hydrogen (secondary N) is 1. The van der Waals surface area contributed by atoms with E-state index in [1.54, 1.807) is 26.2 Å². The van der Waals surface area contributed by atoms with Crippen LogP contribution in [0.25, 0.3) is 11.1 Å². The summed E-state index contributed by atoms with van der Waals surface area (Å²) in [5.41, 5.74) is -0.594. The van der Waals surface area contributed by atoms with Crippen molar-refractivity contribution >= 4 is 11.6 Å². The molecular formula is C36H37F5N2O6. The molecule has 1 amide bonds. The van der Waals surface area contributed by atoms with Gasteiger partial charge in [0.25, 0.3) is 5.88 Å². The van der Waals surface area contributed by atoms with Gasteiger partial charge in [0.05, 0.1) is 32.3 Å². The number of methoxy groups -OCH3 is 1. The van der Waals surface area contributed by atoms with E-state index in [1.807, 2.05) is 19.1 Å². The smallest absolute Gasteiger partial charge is 0.420 e. The van der Waals surface area contributed by atoms with Crippen LogP contribution in [0.4, 0.5) is 27.6 Å². The quantitative estimate of drug-likeness (QED) is 0.0881. The maximum absolute atomic E-state index is 15.2. The highest BCUT2D eigenvalue weighted by Crippen LogP contribution is 2.38. The molecule has 0 saturated carbocycles. The first-order valence-electron chi connectivity index (χ1n) is 15.6. The third kappa shape index (κ3) is 10.5. The molecule has 1 heterocycles. The molecule has 0 saturated heterocycles. The van der Waals surface area contributed by atoms with E-state index >= 15 is 8.78 Å². The maximum atomic E-state index is 15.2. The van der Waals surface area contributed by atoms with Crippen LogP contribution in [0.3, 0.4) is 0 Å². The van der Waals surface area contributed by atoms with Gasteiger partial charge in [-0.2, -0.15) is 13.2 Å². The number of hydrogen-bond acceptors (Lipinski definition) is 7. The fourth-order valence-electron chi connectivity index (χ4n) is 4.65. The summed E-state index contributed by atoms with van der Waals surface area (Å²) in [7, 11) is 1.57. The van der Waals surface area contributed by atoms with E-state index in [4.69, 9.17) is 23.7 Å². The molecule has 0 aliphatic heterocycles. The van der Waals surface area contributed by atoms with Gasteiger partial charge in [-0.25, -0.2) is 13.8 Å². The zero-order chi connectivity index (χ0) is 35.4. The molecule has 0 fully saturated rings. The van der Waals surface area contributed by atoms with Crippen LogP contribution in [0.1, 0.15) is 43.4 Å². The molecule has 0 radical (unpaired) electrons. The number of benzene rings is 3. The van der Waals surface area contributed by atoms with E-state index in [2.05, 4.69) is 10.3 Å². The number of nitrogens with zero attached hydrogens (tertiary/aromatic N) is 1. The molecule has 1 N–H and O–H groups in total. The lowest BCUT2D eigenvalue weighted by Gasteiger charge is -2.16. The van der Waals surface area contributed by atoms with Crippen LogP contribution in [0.5, 0.6) is 23.1 Å². The molecule has 4 rings (SSSR count). The molecule has 0 aliphatic carbocycles. The van der Waals surface area contributed by atoms with Crippen molar-refractivity contribution in [1.82, 2.24) is 4.98 Å². The number of carbonyl (C=O) groups is 1. The van der Waals surface area contributed by atoms with Gasteiger partial charge in [0.2, 0.25) is 5.91 Å². The number of halogens is 5. The SMILES string of the molecule is CCCCOCCOc1ccc(NC(=O)Cc2c(F)cc(-c3cnc(OCc4ccc(OC)cc4)c(OCC)c3)cc2F)cc1C(F)(F)F. The minimum absolute atomic E-state index is 0.0986. The average molecular weight is 689 g/mol. The molecule has 1 aromatic heterocycles. The van der Waals surface area contributed by atoms with Crippen molar-refractivity contribution in [3.63, 3.8) is 0 Å². The number of ether oxygens (including phenoxy) is 5. The second-order valence-corrected chi connectivity index (χ2v) is 10.8. The molecular weight excluding hydrogens is 651 g/mol. The van der Waals surface area contributed by atoms with Crippen molar-refractivity contribution in [2.45, 2.75) is 45.9 Å². The highest BCUT2D eigenvalue weighted by molar-refractivity contribution is 5.92. The second kappa shape index (κ2) is 17.5. The van der Waals surface area contributed by atoms with Crippen LogP contribution in [0.15, 0.2) is 66.9 Å². The number of carbonyl (C=O) groups excluding carboxylic acids is 1. The van der Waals surface area contributed by atoms with Gasteiger partial charge in [-0.3, -0.25) is 4.79 Å². The number of rotatable bonds is 17. The number of amides is 1. The predicted molar refractivity (Wildman–Crippen MR) is 173 cm³/mol. The fourth-order valence-corrected chi connectivity index (χ4v) is 4.65. The van der Waals surface area contributed by atoms with E-state index in [9.17, 15) is 18.0 Å². The monoisotopic (exact) mass is 688 g/mol. The lowest BCUT2D eigenvalue weighted by molar-refractivity contribution is -0.139. The molecule has 49 heavy (non-hydrogen) atoms. The van der Waals surface area contributed by atoms with Gasteiger partial charge >= 0.3 is 6.18 Å². The fraction of sp³-hybridized carbons (Fsp3) is 0.333. The first-order valence-corrected chi connectivity index (χ1v) is 15.6. The molecule has 0 bridgehead atoms. The third-order valence-electron chi connectivity index (χ3n) is 7.16. The molecule has 262 valence electrons. The van der Waals surface area contributed by atoms with Crippen LogP contribution in [0, 0.1) is 11.6 Å². The Bertz CT molecular complexity index is 1680. The Morgan fingerprint density at radius 1 is 0.837 bits per heavy atom. The summed E-state index contributed by atoms with van der Waals surface area (Å²) in [6.45, 7) is 4.69. The van der Waals surface area contributed by atoms with Crippen LogP contribution in [0.2, 0.25) is 0 Å². The zero-order valence-corrected chi connectivity index (χ0v) is 27.3. The van der Waals surface area contributed by atoms with Crippen molar-refractivity contribution in [3.8, 4) is 34.3 Å². The lowest BCUT2D eigenvalue weighted by atomic mass is 10.0. The van der Waals surface area contributed by atoms with Crippen molar-refractivity contribution in [3.05, 3.63) is 95.2 Å². The van der Waals surface area contributed by atoms with Crippen molar-refractivity contribution in [2.75, 3.05) is 38.9 Å². The Kier molecular flexibility index (Phi) is 13.2. The average Bonchev–Trinajstić information content (AvgIpc) is 3.07. The Hall–Kier alpha value is -4.91. The Morgan fingerprint density at radius 3 is 2.22 bits per heavy atom. The third-order valence-corrected chi connectivity index (χ3v) is 7.16. The topological polar surface area (TPSA) is 88.1 Å². The van der Waals surface area contributed by atoms with Gasteiger partial charge in [0, 0.05) is 29.6 Å². The Labute approximate surface area is 281 Å². The molecule has 13 heteroatoms. The summed E-state index contributed by atoms with van der Waals surface area (Å²) < 4.78 is 98.8. The van der Waals surface area contributed by atoms with Crippen LogP contribution >= 0.6 is 0 Å². The number of pyridine rings is 1. The molecule has 0 aliphatic rings. The first-order chi connectivity index (χ1) is 23.5. The van der Waals surface area contributed by atoms with Crippen LogP contribution in [-0.2, 0) is 28.7 Å². The lowest BCUT2D eigenvalue weighted by Crippen LogP contribution is -2.18. The minimum Gasteiger partial charge on any atom is -0.497 e. The normalized spacial score (nSPS) is 11.3. The molecule has 0 unspecified atom stereocenters. The van der Waals surface area contributed by atoms with E-state index in [-0.39, 0.29) is 49.3 Å². The van der Waals surface area contributed by atoms with Gasteiger partial charge in [-0.05, 0) is 73.0 Å². The summed E-state index contributed by atoms with van der Waals surface area (Å²) >= 11 is 0. The van der Waals surface area contributed by atoms with E-state index in [0.29, 0.717) is 24.0 Å². The van der Waals surface area contributed by atoms with Gasteiger partial charge in [-0.1, -0.05) is 25.5 Å². The van der Waals surface area contributed by atoms with E-state index in [1.165, 1.54) is 18.3 Å². The maximum Gasteiger partial charge on any atom is 0.420 e. The number of hydrogen-bond donors (Lipinski definition) is 1. The molecule has 0 spiro atoms. The highest BCUT2D eigenvalue weighted by Gasteiger charge is 2.35. The Balaban J connectivity index is 1.44. The van der Waals surface area contributed by atoms with Gasteiger partial charge in [0.15, 0.2) is 5.75 Å². The molecule has 3 aromatic carbocycles. The summed E-state index contributed by atoms with van der Waals surface area (Å²) in [5, 5.41) is 2.28. The van der Waals surface area contributed by atoms with Crippen LogP contribution < -0.4 is 24.3 Å². The number of anilines is 1. The Morgan fingerprint density at radius 2 is 1.57 bits per heavy atom. The number of alkyl halides is 3. The molecule has 0 atom stereocenters. The van der Waals surface area contributed by atoms with Gasteiger partial charge < -0.3 is 29.0 Å². The number of aromatic nitrogens is 1. The predicted octanol–water partition coefficient (Wildman–Crippen LogP) is 8.41. The second-order valence-electron chi connectivity index (χ2n) is 10.8. The van der Waals surface area contributed by atoms with Gasteiger partial charge in [0.1, 0.15) is 36.3 Å². The van der Waals surface area contributed by atoms with E-state index in [0.717, 1.165) is 36.6 Å². The largest absolute Gasteiger partial charge is 0.497 e. The molecule has 4 aromatic rings. The highest BCUT2D eigenvalue weighted by atomic mass is 19.4. The standard InChI is InChI=1S/C36H37F5N2O6/c1-4-6-13-46-14-15-48-32-12-9-26(19-29(32)36(39,40)41)43-34(44)20-28-30(37)16-24(17-31(28)38)25-18-33(47-5-2)35(42-21-25)49-22-23-7-10-27(45-3)11-8-23/h7-12,16-19,21H,4-6,13-15,20,22H2,1-3H3,(H,43,44). The van der Waals surface area contributed by atoms with Crippen molar-refractivity contribution in [2.24, 2.45) is 0 Å². The van der Waals surface area contributed by atoms with Gasteiger partial charge in [-0.15, -0.1) is 0 Å². The minimum atomic E-state index is -4.79. The summed E-state index contributed by atoms with van der Waals surface area (Å²) in [6.07, 6.45) is -2.44. The summed E-state index contributed by atoms with van der Waals surface area (Å²) in [4.78, 5) is 17.0. The summed E-state index contributed by atoms with van der Waals surface area (Å²) in [6, 6.07) is 13.8. The summed E-state index contributed by atoms with van der Waals surface area (Å²) in [5.74, 6) is -2.27. The van der Waals surface area contributed by atoms with Crippen molar-refractivity contribution < 1.29 is 50.4 Å². The zero-order valence-electron chi connectivity index (χ0n) is 27.3. The molecule has 8 nitrogen and oxygen atoms in total.